The van der Waals surface area contributed by atoms with Crippen LogP contribution >= 0.6 is 0 Å². The van der Waals surface area contributed by atoms with Gasteiger partial charge in [0.2, 0.25) is 0 Å². The van der Waals surface area contributed by atoms with E-state index in [9.17, 15) is 14.4 Å². The van der Waals surface area contributed by atoms with Gasteiger partial charge in [-0.3, -0.25) is 4.79 Å². The van der Waals surface area contributed by atoms with Gasteiger partial charge in [0.25, 0.3) is 11.6 Å². The first-order valence-electron chi connectivity index (χ1n) is 10.3. The number of esters is 2. The van der Waals surface area contributed by atoms with Crippen LogP contribution in [0.1, 0.15) is 32.0 Å². The number of aromatic nitrogens is 2. The molecule has 172 valence electrons. The van der Waals surface area contributed by atoms with E-state index in [0.29, 0.717) is 28.0 Å². The lowest BCUT2D eigenvalue weighted by Crippen LogP contribution is -2.21. The van der Waals surface area contributed by atoms with Crippen LogP contribution in [0, 0.1) is 13.8 Å². The van der Waals surface area contributed by atoms with Crippen LogP contribution in [0.15, 0.2) is 59.1 Å². The Morgan fingerprint density at radius 1 is 0.971 bits per heavy atom. The summed E-state index contributed by atoms with van der Waals surface area (Å²) in [5.41, 5.74) is 4.09. The van der Waals surface area contributed by atoms with Crippen molar-refractivity contribution in [3.05, 3.63) is 77.0 Å². The minimum absolute atomic E-state index is 0.203. The molecule has 2 aromatic heterocycles. The van der Waals surface area contributed by atoms with Crippen LogP contribution in [0.25, 0.3) is 22.4 Å². The fraction of sp³-hybridized carbons (Fsp3) is 0.160. The van der Waals surface area contributed by atoms with Crippen molar-refractivity contribution >= 4 is 34.6 Å². The molecule has 1 amide bonds. The van der Waals surface area contributed by atoms with Gasteiger partial charge in [0, 0.05) is 11.3 Å². The minimum Gasteiger partial charge on any atom is -0.465 e. The average molecular weight is 459 g/mol. The molecule has 0 spiro atoms. The Morgan fingerprint density at radius 3 is 2.35 bits per heavy atom. The van der Waals surface area contributed by atoms with Gasteiger partial charge in [-0.05, 0) is 44.2 Å². The number of hydrogen-bond acceptors (Lipinski definition) is 8. The summed E-state index contributed by atoms with van der Waals surface area (Å²) >= 11 is 0. The van der Waals surface area contributed by atoms with Crippen molar-refractivity contribution in [2.75, 3.05) is 19.0 Å². The lowest BCUT2D eigenvalue weighted by atomic mass is 10.0. The summed E-state index contributed by atoms with van der Waals surface area (Å²) in [5.74, 6) is -1.72. The topological polar surface area (TPSA) is 121 Å². The maximum atomic E-state index is 12.9. The first kappa shape index (κ1) is 22.7. The van der Waals surface area contributed by atoms with Gasteiger partial charge in [-0.15, -0.1) is 0 Å². The van der Waals surface area contributed by atoms with E-state index in [1.54, 1.807) is 25.1 Å². The molecular weight excluding hydrogens is 438 g/mol. The number of amides is 1. The van der Waals surface area contributed by atoms with E-state index >= 15 is 0 Å². The number of aryl methyl sites for hydroxylation is 2. The van der Waals surface area contributed by atoms with Crippen molar-refractivity contribution in [1.82, 2.24) is 10.1 Å². The summed E-state index contributed by atoms with van der Waals surface area (Å²) in [6.45, 7) is 3.16. The molecule has 0 bridgehead atoms. The summed E-state index contributed by atoms with van der Waals surface area (Å²) in [5, 5.41) is 6.94. The molecule has 0 unspecified atom stereocenters. The van der Waals surface area contributed by atoms with E-state index in [4.69, 9.17) is 9.26 Å². The molecule has 0 atom stereocenters. The van der Waals surface area contributed by atoms with Crippen molar-refractivity contribution < 1.29 is 28.4 Å². The van der Waals surface area contributed by atoms with Crippen molar-refractivity contribution in [2.24, 2.45) is 0 Å². The van der Waals surface area contributed by atoms with Crippen LogP contribution in [0.5, 0.6) is 0 Å². The Kier molecular flexibility index (Phi) is 6.35. The van der Waals surface area contributed by atoms with Gasteiger partial charge in [-0.2, -0.15) is 0 Å². The van der Waals surface area contributed by atoms with Crippen LogP contribution in [-0.2, 0) is 14.3 Å². The van der Waals surface area contributed by atoms with E-state index < -0.39 is 24.5 Å². The highest BCUT2D eigenvalue weighted by Crippen LogP contribution is 2.27. The Hall–Kier alpha value is -4.53. The molecule has 0 saturated carbocycles. The van der Waals surface area contributed by atoms with Gasteiger partial charge in [0.1, 0.15) is 0 Å². The van der Waals surface area contributed by atoms with Crippen LogP contribution in [-0.4, -0.2) is 41.7 Å². The normalized spacial score (nSPS) is 10.7. The summed E-state index contributed by atoms with van der Waals surface area (Å²) < 4.78 is 15.2. The SMILES string of the molecule is COC(=O)c1ccc(NC(=O)COC(=O)c2cc(-c3ccc(C)cc3)nc3onc(C)c23)cc1. The second-order valence-corrected chi connectivity index (χ2v) is 7.56. The highest BCUT2D eigenvalue weighted by atomic mass is 16.5. The van der Waals surface area contributed by atoms with Crippen molar-refractivity contribution in [3.63, 3.8) is 0 Å². The fourth-order valence-electron chi connectivity index (χ4n) is 3.34. The predicted octanol–water partition coefficient (Wildman–Crippen LogP) is 4.09. The second-order valence-electron chi connectivity index (χ2n) is 7.56. The number of ether oxygens (including phenoxy) is 2. The molecule has 34 heavy (non-hydrogen) atoms. The monoisotopic (exact) mass is 459 g/mol. The highest BCUT2D eigenvalue weighted by Gasteiger charge is 2.21. The van der Waals surface area contributed by atoms with E-state index in [1.165, 1.54) is 19.2 Å². The Labute approximate surface area is 194 Å². The first-order chi connectivity index (χ1) is 16.4. The number of benzene rings is 2. The van der Waals surface area contributed by atoms with Crippen molar-refractivity contribution in [2.45, 2.75) is 13.8 Å². The summed E-state index contributed by atoms with van der Waals surface area (Å²) in [4.78, 5) is 41.2. The van der Waals surface area contributed by atoms with Gasteiger partial charge in [0.15, 0.2) is 6.61 Å². The maximum absolute atomic E-state index is 12.9. The van der Waals surface area contributed by atoms with Gasteiger partial charge < -0.3 is 19.3 Å². The van der Waals surface area contributed by atoms with Gasteiger partial charge in [-0.1, -0.05) is 35.0 Å². The number of nitrogens with zero attached hydrogens (tertiary/aromatic N) is 2. The third-order valence-electron chi connectivity index (χ3n) is 5.11. The molecule has 0 fully saturated rings. The number of anilines is 1. The molecule has 2 aromatic carbocycles. The molecule has 4 rings (SSSR count). The Morgan fingerprint density at radius 2 is 1.68 bits per heavy atom. The van der Waals surface area contributed by atoms with Gasteiger partial charge in [-0.25, -0.2) is 14.6 Å². The highest BCUT2D eigenvalue weighted by molar-refractivity contribution is 6.05. The molecule has 9 nitrogen and oxygen atoms in total. The Balaban J connectivity index is 1.50. The number of fused-ring (bicyclic) bond motifs is 1. The average Bonchev–Trinajstić information content (AvgIpc) is 3.23. The third-order valence-corrected chi connectivity index (χ3v) is 5.11. The summed E-state index contributed by atoms with van der Waals surface area (Å²) in [7, 11) is 1.29. The predicted molar refractivity (Wildman–Crippen MR) is 123 cm³/mol. The molecule has 0 aliphatic carbocycles. The van der Waals surface area contributed by atoms with Crippen molar-refractivity contribution in [1.29, 1.82) is 0 Å². The zero-order chi connectivity index (χ0) is 24.2. The summed E-state index contributed by atoms with van der Waals surface area (Å²) in [6, 6.07) is 15.4. The molecule has 9 heteroatoms. The zero-order valence-electron chi connectivity index (χ0n) is 18.7. The second kappa shape index (κ2) is 9.53. The van der Waals surface area contributed by atoms with Crippen LogP contribution in [0.2, 0.25) is 0 Å². The van der Waals surface area contributed by atoms with Crippen LogP contribution < -0.4 is 5.32 Å². The van der Waals surface area contributed by atoms with Gasteiger partial charge >= 0.3 is 11.9 Å². The largest absolute Gasteiger partial charge is 0.465 e. The smallest absolute Gasteiger partial charge is 0.339 e. The molecule has 0 aliphatic rings. The van der Waals surface area contributed by atoms with E-state index in [1.807, 2.05) is 31.2 Å². The molecule has 1 N–H and O–H groups in total. The third kappa shape index (κ3) is 4.78. The minimum atomic E-state index is -0.705. The van der Waals surface area contributed by atoms with E-state index in [0.717, 1.165) is 11.1 Å². The number of rotatable bonds is 6. The maximum Gasteiger partial charge on any atom is 0.339 e. The number of hydrogen-bond donors (Lipinski definition) is 1. The molecule has 4 aromatic rings. The Bertz CT molecular complexity index is 1370. The molecule has 0 aliphatic heterocycles. The number of carbonyl (C=O) groups is 3. The lowest BCUT2D eigenvalue weighted by molar-refractivity contribution is -0.119. The van der Waals surface area contributed by atoms with E-state index in [2.05, 4.69) is 20.2 Å². The van der Waals surface area contributed by atoms with Crippen LogP contribution in [0.3, 0.4) is 0 Å². The lowest BCUT2D eigenvalue weighted by Gasteiger charge is -2.09. The molecule has 0 radical (unpaired) electrons. The van der Waals surface area contributed by atoms with Crippen LogP contribution in [0.4, 0.5) is 5.69 Å². The standard InChI is InChI=1S/C25H21N3O6/c1-14-4-6-16(7-5-14)20-12-19(22-15(2)28-34-23(22)27-20)25(31)33-13-21(29)26-18-10-8-17(9-11-18)24(30)32-3/h4-12H,13H2,1-3H3,(H,26,29). The number of pyridine rings is 1. The fourth-order valence-corrected chi connectivity index (χ4v) is 3.34. The molecule has 0 saturated heterocycles. The van der Waals surface area contributed by atoms with E-state index in [-0.39, 0.29) is 11.3 Å². The zero-order valence-corrected chi connectivity index (χ0v) is 18.7. The van der Waals surface area contributed by atoms with Gasteiger partial charge in [0.05, 0.1) is 35.0 Å². The van der Waals surface area contributed by atoms with Crippen molar-refractivity contribution in [3.8, 4) is 11.3 Å². The number of carbonyl (C=O) groups excluding carboxylic acids is 3. The first-order valence-corrected chi connectivity index (χ1v) is 10.3. The number of nitrogens with one attached hydrogen (secondary N) is 1. The molecular formula is C25H21N3O6. The number of methoxy groups -OCH3 is 1. The summed E-state index contributed by atoms with van der Waals surface area (Å²) in [6.07, 6.45) is 0. The quantitative estimate of drug-likeness (QED) is 0.428. The molecule has 2 heterocycles.